The molecule has 1 atom stereocenters. The summed E-state index contributed by atoms with van der Waals surface area (Å²) in [6.07, 6.45) is 4.63. The average molecular weight is 400 g/mol. The molecule has 2 aliphatic rings. The molecule has 28 heavy (non-hydrogen) atoms. The summed E-state index contributed by atoms with van der Waals surface area (Å²) in [5.74, 6) is 1.24. The number of thioether (sulfide) groups is 1. The molecule has 3 amide bonds. The molecule has 2 saturated carbocycles. The van der Waals surface area contributed by atoms with Crippen LogP contribution in [0.4, 0.5) is 10.5 Å². The van der Waals surface area contributed by atoms with Crippen molar-refractivity contribution in [2.24, 2.45) is 0 Å². The molecule has 7 nitrogen and oxygen atoms in total. The normalized spacial score (nSPS) is 17.2. The summed E-state index contributed by atoms with van der Waals surface area (Å²) in [6, 6.07) is 5.69. The second-order valence-corrected chi connectivity index (χ2v) is 9.05. The molecule has 0 aliphatic heterocycles. The predicted molar refractivity (Wildman–Crippen MR) is 109 cm³/mol. The Balaban J connectivity index is 1.36. The number of nitrogens with one attached hydrogen (secondary N) is 2. The van der Waals surface area contributed by atoms with E-state index in [0.29, 0.717) is 17.6 Å². The van der Waals surface area contributed by atoms with Crippen LogP contribution in [0.3, 0.4) is 0 Å². The van der Waals surface area contributed by atoms with Crippen molar-refractivity contribution in [1.29, 1.82) is 0 Å². The molecule has 1 heterocycles. The highest BCUT2D eigenvalue weighted by atomic mass is 32.2. The zero-order chi connectivity index (χ0) is 19.8. The molecular weight excluding hydrogens is 374 g/mol. The third-order valence-electron chi connectivity index (χ3n) is 5.06. The Bertz CT molecular complexity index is 917. The van der Waals surface area contributed by atoms with E-state index in [1.165, 1.54) is 24.6 Å². The van der Waals surface area contributed by atoms with Crippen molar-refractivity contribution in [3.8, 4) is 0 Å². The van der Waals surface area contributed by atoms with Crippen molar-refractivity contribution >= 4 is 29.4 Å². The van der Waals surface area contributed by atoms with Crippen LogP contribution in [0.5, 0.6) is 0 Å². The number of hydrogen-bond donors (Lipinski definition) is 2. The van der Waals surface area contributed by atoms with Crippen LogP contribution in [-0.4, -0.2) is 32.0 Å². The lowest BCUT2D eigenvalue weighted by atomic mass is 10.1. The number of aromatic nitrogens is 3. The van der Waals surface area contributed by atoms with Gasteiger partial charge in [0.25, 0.3) is 0 Å². The Labute approximate surface area is 168 Å². The number of nitrogens with zero attached hydrogens (tertiary/aromatic N) is 3. The maximum atomic E-state index is 12.5. The first-order chi connectivity index (χ1) is 13.4. The van der Waals surface area contributed by atoms with E-state index in [4.69, 9.17) is 0 Å². The highest BCUT2D eigenvalue weighted by Gasteiger charge is 2.37. The Morgan fingerprint density at radius 3 is 2.57 bits per heavy atom. The number of amides is 3. The molecule has 2 N–H and O–H groups in total. The van der Waals surface area contributed by atoms with E-state index in [9.17, 15) is 9.59 Å². The van der Waals surface area contributed by atoms with Crippen LogP contribution in [0.1, 0.15) is 61.5 Å². The molecular formula is C20H25N5O2S. The standard InChI is InChI=1S/C20H25N5O2S/c1-11-4-9-16(12(2)10-11)21-19(27)22-18(26)13(3)28-20-24-23-17(14-5-6-14)25(20)15-7-8-15/h4,9-10,13-15H,5-8H2,1-3H3,(H2,21,22,26,27). The average Bonchev–Trinajstić information content (AvgIpc) is 3.56. The molecule has 0 saturated heterocycles. The molecule has 2 fully saturated rings. The van der Waals surface area contributed by atoms with E-state index in [1.807, 2.05) is 32.0 Å². The zero-order valence-electron chi connectivity index (χ0n) is 16.4. The van der Waals surface area contributed by atoms with Gasteiger partial charge >= 0.3 is 6.03 Å². The van der Waals surface area contributed by atoms with Gasteiger partial charge < -0.3 is 9.88 Å². The van der Waals surface area contributed by atoms with Crippen molar-refractivity contribution in [3.05, 3.63) is 35.2 Å². The monoisotopic (exact) mass is 399 g/mol. The minimum absolute atomic E-state index is 0.342. The molecule has 1 unspecified atom stereocenters. The second kappa shape index (κ2) is 7.58. The Hall–Kier alpha value is -2.35. The Morgan fingerprint density at radius 2 is 1.93 bits per heavy atom. The van der Waals surface area contributed by atoms with Crippen LogP contribution in [-0.2, 0) is 4.79 Å². The van der Waals surface area contributed by atoms with Gasteiger partial charge in [0.05, 0.1) is 5.25 Å². The number of rotatable bonds is 6. The largest absolute Gasteiger partial charge is 0.325 e. The van der Waals surface area contributed by atoms with Crippen molar-refractivity contribution in [1.82, 2.24) is 20.1 Å². The molecule has 1 aromatic heterocycles. The number of aryl methyl sites for hydroxylation is 2. The van der Waals surface area contributed by atoms with Gasteiger partial charge in [-0.2, -0.15) is 0 Å². The minimum Gasteiger partial charge on any atom is -0.307 e. The summed E-state index contributed by atoms with van der Waals surface area (Å²) < 4.78 is 2.21. The molecule has 0 spiro atoms. The molecule has 2 aromatic rings. The zero-order valence-corrected chi connectivity index (χ0v) is 17.2. The summed E-state index contributed by atoms with van der Waals surface area (Å²) in [5, 5.41) is 14.2. The van der Waals surface area contributed by atoms with E-state index in [2.05, 4.69) is 25.4 Å². The van der Waals surface area contributed by atoms with E-state index >= 15 is 0 Å². The molecule has 1 aromatic carbocycles. The lowest BCUT2D eigenvalue weighted by Crippen LogP contribution is -2.39. The summed E-state index contributed by atoms with van der Waals surface area (Å²) in [7, 11) is 0. The SMILES string of the molecule is Cc1ccc(NC(=O)NC(=O)C(C)Sc2nnc(C3CC3)n2C2CC2)c(C)c1. The summed E-state index contributed by atoms with van der Waals surface area (Å²) >= 11 is 1.36. The maximum absolute atomic E-state index is 12.5. The molecule has 4 rings (SSSR count). The van der Waals surface area contributed by atoms with Gasteiger partial charge in [0, 0.05) is 17.6 Å². The van der Waals surface area contributed by atoms with E-state index in [1.54, 1.807) is 6.92 Å². The number of hydrogen-bond acceptors (Lipinski definition) is 5. The Morgan fingerprint density at radius 1 is 1.18 bits per heavy atom. The van der Waals surface area contributed by atoms with E-state index < -0.39 is 11.3 Å². The third kappa shape index (κ3) is 4.22. The van der Waals surface area contributed by atoms with Gasteiger partial charge in [0.15, 0.2) is 5.16 Å². The highest BCUT2D eigenvalue weighted by Crippen LogP contribution is 2.46. The van der Waals surface area contributed by atoms with Gasteiger partial charge in [-0.15, -0.1) is 10.2 Å². The lowest BCUT2D eigenvalue weighted by molar-refractivity contribution is -0.119. The number of carbonyl (C=O) groups is 2. The van der Waals surface area contributed by atoms with Crippen LogP contribution < -0.4 is 10.6 Å². The predicted octanol–water partition coefficient (Wildman–Crippen LogP) is 3.94. The quantitative estimate of drug-likeness (QED) is 0.718. The van der Waals surface area contributed by atoms with Crippen LogP contribution in [0, 0.1) is 13.8 Å². The fraction of sp³-hybridized carbons (Fsp3) is 0.500. The molecule has 0 bridgehead atoms. The number of imide groups is 1. The van der Waals surface area contributed by atoms with Gasteiger partial charge in [-0.1, -0.05) is 29.5 Å². The number of benzene rings is 1. The summed E-state index contributed by atoms with van der Waals surface area (Å²) in [4.78, 5) is 24.7. The van der Waals surface area contributed by atoms with Gasteiger partial charge in [0.2, 0.25) is 5.91 Å². The number of carbonyl (C=O) groups excluding carboxylic acids is 2. The lowest BCUT2D eigenvalue weighted by Gasteiger charge is -2.14. The number of urea groups is 1. The maximum Gasteiger partial charge on any atom is 0.325 e. The summed E-state index contributed by atoms with van der Waals surface area (Å²) in [5.41, 5.74) is 2.77. The first kappa shape index (κ1) is 19.0. The van der Waals surface area contributed by atoms with Crippen LogP contribution in [0.25, 0.3) is 0 Å². The van der Waals surface area contributed by atoms with Crippen LogP contribution in [0.15, 0.2) is 23.4 Å². The second-order valence-electron chi connectivity index (χ2n) is 7.74. The minimum atomic E-state index is -0.522. The first-order valence-electron chi connectivity index (χ1n) is 9.73. The fourth-order valence-corrected chi connectivity index (χ4v) is 4.12. The topological polar surface area (TPSA) is 88.9 Å². The van der Waals surface area contributed by atoms with Gasteiger partial charge in [-0.05, 0) is 58.1 Å². The van der Waals surface area contributed by atoms with Gasteiger partial charge in [-0.25, -0.2) is 4.79 Å². The van der Waals surface area contributed by atoms with Crippen LogP contribution >= 0.6 is 11.8 Å². The molecule has 8 heteroatoms. The van der Waals surface area contributed by atoms with Crippen molar-refractivity contribution < 1.29 is 9.59 Å². The molecule has 148 valence electrons. The van der Waals surface area contributed by atoms with Gasteiger partial charge in [-0.3, -0.25) is 10.1 Å². The highest BCUT2D eigenvalue weighted by molar-refractivity contribution is 8.00. The van der Waals surface area contributed by atoms with Crippen LogP contribution in [0.2, 0.25) is 0 Å². The van der Waals surface area contributed by atoms with Crippen molar-refractivity contribution in [2.45, 2.75) is 68.8 Å². The van der Waals surface area contributed by atoms with E-state index in [-0.39, 0.29) is 5.91 Å². The fourth-order valence-electron chi connectivity index (χ4n) is 3.20. The van der Waals surface area contributed by atoms with Crippen molar-refractivity contribution in [2.75, 3.05) is 5.32 Å². The first-order valence-corrected chi connectivity index (χ1v) is 10.6. The van der Waals surface area contributed by atoms with E-state index in [0.717, 1.165) is 34.9 Å². The third-order valence-corrected chi connectivity index (χ3v) is 6.12. The molecule has 2 aliphatic carbocycles. The van der Waals surface area contributed by atoms with Gasteiger partial charge in [0.1, 0.15) is 5.82 Å². The Kier molecular flexibility index (Phi) is 5.14. The summed E-state index contributed by atoms with van der Waals surface area (Å²) in [6.45, 7) is 5.70. The van der Waals surface area contributed by atoms with Crippen molar-refractivity contribution in [3.63, 3.8) is 0 Å². The molecule has 0 radical (unpaired) electrons. The smallest absolute Gasteiger partial charge is 0.307 e. The number of anilines is 1.